The van der Waals surface area contributed by atoms with Crippen LogP contribution in [0.25, 0.3) is 0 Å². The second kappa shape index (κ2) is 9.59. The van der Waals surface area contributed by atoms with Crippen LogP contribution in [0.5, 0.6) is 5.75 Å². The van der Waals surface area contributed by atoms with Crippen LogP contribution in [0.3, 0.4) is 0 Å². The third-order valence-corrected chi connectivity index (χ3v) is 4.67. The van der Waals surface area contributed by atoms with Crippen molar-refractivity contribution in [2.24, 2.45) is 0 Å². The second-order valence-corrected chi connectivity index (χ2v) is 6.90. The monoisotopic (exact) mass is 408 g/mol. The summed E-state index contributed by atoms with van der Waals surface area (Å²) in [5.41, 5.74) is 0.532. The van der Waals surface area contributed by atoms with Crippen LogP contribution in [0, 0.1) is 0 Å². The van der Waals surface area contributed by atoms with Gasteiger partial charge >= 0.3 is 6.36 Å². The molecule has 0 atom stereocenters. The fraction of sp³-hybridized carbons (Fsp3) is 0.357. The molecule has 26 heavy (non-hydrogen) atoms. The van der Waals surface area contributed by atoms with Gasteiger partial charge in [-0.3, -0.25) is 4.79 Å². The highest BCUT2D eigenvalue weighted by Crippen LogP contribution is 2.29. The minimum atomic E-state index is -4.73. The number of hydrogen-bond donors (Lipinski definition) is 2. The molecule has 7 nitrogen and oxygen atoms in total. The third kappa shape index (κ3) is 7.45. The van der Waals surface area contributed by atoms with Crippen LogP contribution in [0.2, 0.25) is 0 Å². The van der Waals surface area contributed by atoms with Crippen LogP contribution in [0.15, 0.2) is 28.6 Å². The summed E-state index contributed by atoms with van der Waals surface area (Å²) in [5.74, 6) is -0.255. The summed E-state index contributed by atoms with van der Waals surface area (Å²) >= 11 is 2.46. The van der Waals surface area contributed by atoms with Gasteiger partial charge in [0.1, 0.15) is 5.75 Å². The topological polar surface area (TPSA) is 85.4 Å². The molecule has 0 saturated heterocycles. The van der Waals surface area contributed by atoms with Crippen molar-refractivity contribution in [1.29, 1.82) is 0 Å². The van der Waals surface area contributed by atoms with Crippen molar-refractivity contribution >= 4 is 39.8 Å². The van der Waals surface area contributed by atoms with Crippen molar-refractivity contribution in [1.82, 2.24) is 15.5 Å². The van der Waals surface area contributed by atoms with E-state index in [0.29, 0.717) is 28.3 Å². The Morgan fingerprint density at radius 1 is 1.27 bits per heavy atom. The van der Waals surface area contributed by atoms with Crippen molar-refractivity contribution in [3.05, 3.63) is 24.3 Å². The Labute approximate surface area is 155 Å². The van der Waals surface area contributed by atoms with Gasteiger partial charge in [-0.2, -0.15) is 0 Å². The van der Waals surface area contributed by atoms with Crippen molar-refractivity contribution < 1.29 is 27.4 Å². The van der Waals surface area contributed by atoms with Gasteiger partial charge in [0, 0.05) is 19.3 Å². The molecule has 0 spiro atoms. The number of nitrogens with one attached hydrogen (secondary N) is 2. The molecule has 0 bridgehead atoms. The molecule has 0 aliphatic heterocycles. The maximum absolute atomic E-state index is 12.1. The molecule has 12 heteroatoms. The molecule has 1 heterocycles. The van der Waals surface area contributed by atoms with Crippen LogP contribution < -0.4 is 15.4 Å². The van der Waals surface area contributed by atoms with E-state index in [0.717, 1.165) is 0 Å². The normalized spacial score (nSPS) is 11.2. The van der Waals surface area contributed by atoms with Gasteiger partial charge in [-0.15, -0.1) is 23.4 Å². The Morgan fingerprint density at radius 3 is 2.65 bits per heavy atom. The Kier molecular flexibility index (Phi) is 7.48. The van der Waals surface area contributed by atoms with Crippen LogP contribution in [-0.4, -0.2) is 48.5 Å². The zero-order valence-electron chi connectivity index (χ0n) is 13.5. The van der Waals surface area contributed by atoms with E-state index in [9.17, 15) is 18.0 Å². The Balaban J connectivity index is 1.81. The molecule has 142 valence electrons. The first-order chi connectivity index (χ1) is 12.4. The van der Waals surface area contributed by atoms with E-state index in [2.05, 4.69) is 25.6 Å². The summed E-state index contributed by atoms with van der Waals surface area (Å²) in [6.45, 7) is 0.878. The van der Waals surface area contributed by atoms with Crippen molar-refractivity contribution in [3.63, 3.8) is 0 Å². The summed E-state index contributed by atoms with van der Waals surface area (Å²) in [5, 5.41) is 13.9. The number of anilines is 2. The summed E-state index contributed by atoms with van der Waals surface area (Å²) in [4.78, 5) is 11.6. The number of nitrogens with zero attached hydrogens (tertiary/aromatic N) is 2. The van der Waals surface area contributed by atoms with Crippen LogP contribution in [0.4, 0.5) is 24.0 Å². The first-order valence-corrected chi connectivity index (χ1v) is 9.01. The molecule has 0 aliphatic carbocycles. The van der Waals surface area contributed by atoms with Crippen LogP contribution in [-0.2, 0) is 9.53 Å². The number of benzene rings is 1. The number of aromatic nitrogens is 2. The number of thioether (sulfide) groups is 1. The first-order valence-electron chi connectivity index (χ1n) is 7.20. The van der Waals surface area contributed by atoms with Gasteiger partial charge in [-0.1, -0.05) is 23.1 Å². The van der Waals surface area contributed by atoms with Gasteiger partial charge in [0.25, 0.3) is 0 Å². The van der Waals surface area contributed by atoms with E-state index < -0.39 is 6.36 Å². The number of carbonyl (C=O) groups excluding carboxylic acids is 1. The maximum atomic E-state index is 12.1. The minimum absolute atomic E-state index is 0.142. The van der Waals surface area contributed by atoms with Crippen molar-refractivity contribution in [2.45, 2.75) is 10.7 Å². The van der Waals surface area contributed by atoms with E-state index in [1.807, 2.05) is 0 Å². The molecular weight excluding hydrogens is 393 g/mol. The molecule has 0 saturated carbocycles. The van der Waals surface area contributed by atoms with E-state index in [1.54, 1.807) is 7.11 Å². The largest absolute Gasteiger partial charge is 0.573 e. The van der Waals surface area contributed by atoms with Gasteiger partial charge < -0.3 is 20.1 Å². The smallest absolute Gasteiger partial charge is 0.406 e. The summed E-state index contributed by atoms with van der Waals surface area (Å²) in [7, 11) is 1.55. The van der Waals surface area contributed by atoms with Crippen molar-refractivity contribution in [3.8, 4) is 5.75 Å². The number of carbonyl (C=O) groups is 1. The predicted octanol–water partition coefficient (Wildman–Crippen LogP) is 3.04. The Morgan fingerprint density at radius 2 is 2.00 bits per heavy atom. The highest BCUT2D eigenvalue weighted by atomic mass is 32.2. The van der Waals surface area contributed by atoms with Gasteiger partial charge in [0.05, 0.1) is 12.4 Å². The number of hydrogen-bond acceptors (Lipinski definition) is 8. The molecule has 1 amide bonds. The van der Waals surface area contributed by atoms with Crippen LogP contribution in [0.1, 0.15) is 0 Å². The lowest BCUT2D eigenvalue weighted by molar-refractivity contribution is -0.274. The molecular formula is C14H15F3N4O3S2. The maximum Gasteiger partial charge on any atom is 0.573 e. The number of rotatable bonds is 9. The van der Waals surface area contributed by atoms with E-state index in [4.69, 9.17) is 4.74 Å². The Hall–Kier alpha value is -2.05. The molecule has 1 aromatic heterocycles. The summed E-state index contributed by atoms with van der Waals surface area (Å²) in [6, 6.07) is 5.24. The quantitative estimate of drug-likeness (QED) is 0.487. The standard InChI is InChI=1S/C14H15F3N4O3S2/c1-23-7-6-18-11(22)8-25-13-21-20-12(26-13)19-9-2-4-10(5-3-9)24-14(15,16)17/h2-5H,6-8H2,1H3,(H,18,22)(H,19,20). The molecule has 0 fully saturated rings. The van der Waals surface area contributed by atoms with E-state index in [1.165, 1.54) is 47.4 Å². The summed E-state index contributed by atoms with van der Waals surface area (Å²) in [6.07, 6.45) is -4.73. The first kappa shape index (κ1) is 20.3. The lowest BCUT2D eigenvalue weighted by Gasteiger charge is -2.09. The molecule has 1 aromatic carbocycles. The molecule has 2 aromatic rings. The van der Waals surface area contributed by atoms with E-state index >= 15 is 0 Å². The molecule has 2 N–H and O–H groups in total. The number of halogens is 3. The lowest BCUT2D eigenvalue weighted by atomic mass is 10.3. The van der Waals surface area contributed by atoms with Gasteiger partial charge in [0.15, 0.2) is 4.34 Å². The molecule has 0 unspecified atom stereocenters. The zero-order valence-corrected chi connectivity index (χ0v) is 15.1. The van der Waals surface area contributed by atoms with Crippen LogP contribution >= 0.6 is 23.1 Å². The van der Waals surface area contributed by atoms with Gasteiger partial charge in [-0.05, 0) is 24.3 Å². The molecule has 0 aliphatic rings. The number of alkyl halides is 3. The van der Waals surface area contributed by atoms with Crippen molar-refractivity contribution in [2.75, 3.05) is 31.3 Å². The average Bonchev–Trinajstić information content (AvgIpc) is 3.01. The SMILES string of the molecule is COCCNC(=O)CSc1nnc(Nc2ccc(OC(F)(F)F)cc2)s1. The highest BCUT2D eigenvalue weighted by molar-refractivity contribution is 8.01. The zero-order chi connectivity index (χ0) is 19.0. The minimum Gasteiger partial charge on any atom is -0.406 e. The third-order valence-electron chi connectivity index (χ3n) is 2.70. The predicted molar refractivity (Wildman–Crippen MR) is 91.9 cm³/mol. The highest BCUT2D eigenvalue weighted by Gasteiger charge is 2.30. The average molecular weight is 408 g/mol. The van der Waals surface area contributed by atoms with Gasteiger partial charge in [-0.25, -0.2) is 0 Å². The lowest BCUT2D eigenvalue weighted by Crippen LogP contribution is -2.28. The van der Waals surface area contributed by atoms with E-state index in [-0.39, 0.29) is 17.4 Å². The molecule has 2 rings (SSSR count). The van der Waals surface area contributed by atoms with Gasteiger partial charge in [0.2, 0.25) is 11.0 Å². The fourth-order valence-corrected chi connectivity index (χ4v) is 3.25. The number of methoxy groups -OCH3 is 1. The molecule has 0 radical (unpaired) electrons. The number of amides is 1. The fourth-order valence-electron chi connectivity index (χ4n) is 1.65. The Bertz CT molecular complexity index is 710. The number of ether oxygens (including phenoxy) is 2. The summed E-state index contributed by atoms with van der Waals surface area (Å²) < 4.78 is 45.6. The second-order valence-electron chi connectivity index (χ2n) is 4.70.